The Labute approximate surface area is 135 Å². The summed E-state index contributed by atoms with van der Waals surface area (Å²) in [5, 5.41) is 7.69. The lowest BCUT2D eigenvalue weighted by atomic mass is 10.3. The molecular formula is C16H18Cl2N2O. The maximum atomic E-state index is 6.11. The van der Waals surface area contributed by atoms with Gasteiger partial charge in [0.15, 0.2) is 0 Å². The third-order valence-electron chi connectivity index (χ3n) is 2.89. The van der Waals surface area contributed by atoms with Crippen molar-refractivity contribution in [1.82, 2.24) is 0 Å². The molecule has 0 aromatic heterocycles. The monoisotopic (exact) mass is 324 g/mol. The summed E-state index contributed by atoms with van der Waals surface area (Å²) >= 11 is 12.1. The molecule has 0 heterocycles. The van der Waals surface area contributed by atoms with E-state index in [0.29, 0.717) is 16.7 Å². The first-order valence-electron chi connectivity index (χ1n) is 6.85. The van der Waals surface area contributed by atoms with Gasteiger partial charge in [0.05, 0.1) is 22.3 Å². The molecule has 0 saturated heterocycles. The Kier molecular flexibility index (Phi) is 6.03. The molecule has 0 fully saturated rings. The fourth-order valence-electron chi connectivity index (χ4n) is 1.88. The third kappa shape index (κ3) is 4.73. The zero-order valence-corrected chi connectivity index (χ0v) is 13.3. The van der Waals surface area contributed by atoms with E-state index in [9.17, 15) is 0 Å². The smallest absolute Gasteiger partial charge is 0.119 e. The maximum absolute atomic E-state index is 6.11. The van der Waals surface area contributed by atoms with Gasteiger partial charge in [0.25, 0.3) is 0 Å². The van der Waals surface area contributed by atoms with Crippen LogP contribution in [0.15, 0.2) is 42.5 Å². The first-order valence-corrected chi connectivity index (χ1v) is 7.61. The molecule has 0 radical (unpaired) electrons. The van der Waals surface area contributed by atoms with Crippen LogP contribution in [0.4, 0.5) is 11.4 Å². The minimum atomic E-state index is 0.556. The lowest BCUT2D eigenvalue weighted by molar-refractivity contribution is 0.340. The van der Waals surface area contributed by atoms with Gasteiger partial charge >= 0.3 is 0 Å². The van der Waals surface area contributed by atoms with Crippen LogP contribution in [-0.4, -0.2) is 19.7 Å². The van der Waals surface area contributed by atoms with Crippen molar-refractivity contribution >= 4 is 34.6 Å². The summed E-state index contributed by atoms with van der Waals surface area (Å²) in [4.78, 5) is 0. The molecule has 0 saturated carbocycles. The zero-order chi connectivity index (χ0) is 15.1. The van der Waals surface area contributed by atoms with Gasteiger partial charge in [0.1, 0.15) is 5.75 Å². The van der Waals surface area contributed by atoms with E-state index in [-0.39, 0.29) is 0 Å². The molecule has 112 valence electrons. The quantitative estimate of drug-likeness (QED) is 0.709. The topological polar surface area (TPSA) is 33.3 Å². The summed E-state index contributed by atoms with van der Waals surface area (Å²) in [5.41, 5.74) is 1.90. The number of benzene rings is 2. The van der Waals surface area contributed by atoms with Gasteiger partial charge in [0.2, 0.25) is 0 Å². The molecule has 0 bridgehead atoms. The van der Waals surface area contributed by atoms with Crippen molar-refractivity contribution < 1.29 is 4.74 Å². The van der Waals surface area contributed by atoms with Crippen molar-refractivity contribution in [2.24, 2.45) is 0 Å². The molecule has 0 aliphatic heterocycles. The Hall–Kier alpha value is -1.58. The number of ether oxygens (including phenoxy) is 1. The number of halogens is 2. The van der Waals surface area contributed by atoms with Crippen molar-refractivity contribution in [3.8, 4) is 5.75 Å². The number of hydrogen-bond acceptors (Lipinski definition) is 3. The van der Waals surface area contributed by atoms with E-state index < -0.39 is 0 Å². The highest BCUT2D eigenvalue weighted by Gasteiger charge is 2.02. The van der Waals surface area contributed by atoms with Gasteiger partial charge in [-0.2, -0.15) is 0 Å². The number of hydrogen-bond donors (Lipinski definition) is 2. The van der Waals surface area contributed by atoms with Crippen LogP contribution in [-0.2, 0) is 0 Å². The largest absolute Gasteiger partial charge is 0.494 e. The number of anilines is 2. The molecule has 3 nitrogen and oxygen atoms in total. The molecule has 2 rings (SSSR count). The lowest BCUT2D eigenvalue weighted by Gasteiger charge is -2.11. The normalized spacial score (nSPS) is 10.2. The van der Waals surface area contributed by atoms with Crippen molar-refractivity contribution in [2.75, 3.05) is 30.3 Å². The van der Waals surface area contributed by atoms with E-state index in [4.69, 9.17) is 27.9 Å². The average molecular weight is 325 g/mol. The SMILES string of the molecule is CCOc1ccc(NCCNc2cccc(Cl)c2Cl)cc1. The standard InChI is InChI=1S/C16H18Cl2N2O/c1-2-21-13-8-6-12(7-9-13)19-10-11-20-15-5-3-4-14(17)16(15)18/h3-9,19-20H,2,10-11H2,1H3. The highest BCUT2D eigenvalue weighted by Crippen LogP contribution is 2.29. The number of nitrogens with one attached hydrogen (secondary N) is 2. The van der Waals surface area contributed by atoms with Crippen LogP contribution in [0, 0.1) is 0 Å². The van der Waals surface area contributed by atoms with E-state index in [0.717, 1.165) is 30.2 Å². The molecule has 2 aromatic rings. The molecular weight excluding hydrogens is 307 g/mol. The second-order valence-electron chi connectivity index (χ2n) is 4.41. The Bertz CT molecular complexity index is 573. The van der Waals surface area contributed by atoms with E-state index in [2.05, 4.69) is 10.6 Å². The van der Waals surface area contributed by atoms with Crippen LogP contribution in [0.5, 0.6) is 5.75 Å². The van der Waals surface area contributed by atoms with Gasteiger partial charge in [-0.25, -0.2) is 0 Å². The van der Waals surface area contributed by atoms with Gasteiger partial charge in [-0.05, 0) is 43.3 Å². The fourth-order valence-corrected chi connectivity index (χ4v) is 2.25. The maximum Gasteiger partial charge on any atom is 0.119 e. The van der Waals surface area contributed by atoms with Crippen molar-refractivity contribution in [3.05, 3.63) is 52.5 Å². The van der Waals surface area contributed by atoms with Crippen LogP contribution in [0.3, 0.4) is 0 Å². The van der Waals surface area contributed by atoms with Crippen LogP contribution in [0.25, 0.3) is 0 Å². The number of rotatable bonds is 7. The third-order valence-corrected chi connectivity index (χ3v) is 3.71. The first-order chi connectivity index (χ1) is 10.2. The molecule has 0 aliphatic rings. The first kappa shape index (κ1) is 15.8. The molecule has 0 spiro atoms. The minimum Gasteiger partial charge on any atom is -0.494 e. The van der Waals surface area contributed by atoms with Crippen LogP contribution in [0.1, 0.15) is 6.92 Å². The molecule has 2 aromatic carbocycles. The highest BCUT2D eigenvalue weighted by atomic mass is 35.5. The van der Waals surface area contributed by atoms with E-state index >= 15 is 0 Å². The Morgan fingerprint density at radius 2 is 1.67 bits per heavy atom. The van der Waals surface area contributed by atoms with E-state index in [1.54, 1.807) is 6.07 Å². The van der Waals surface area contributed by atoms with Gasteiger partial charge in [-0.3, -0.25) is 0 Å². The zero-order valence-electron chi connectivity index (χ0n) is 11.8. The summed E-state index contributed by atoms with van der Waals surface area (Å²) in [6, 6.07) is 13.4. The molecule has 21 heavy (non-hydrogen) atoms. The Morgan fingerprint density at radius 3 is 2.38 bits per heavy atom. The van der Waals surface area contributed by atoms with E-state index in [1.165, 1.54) is 0 Å². The molecule has 0 aliphatic carbocycles. The summed E-state index contributed by atoms with van der Waals surface area (Å²) in [5.74, 6) is 0.881. The summed E-state index contributed by atoms with van der Waals surface area (Å²) < 4.78 is 5.40. The molecule has 5 heteroatoms. The molecule has 0 unspecified atom stereocenters. The van der Waals surface area contributed by atoms with Crippen LogP contribution < -0.4 is 15.4 Å². The fraction of sp³-hybridized carbons (Fsp3) is 0.250. The molecule has 0 amide bonds. The summed E-state index contributed by atoms with van der Waals surface area (Å²) in [6.45, 7) is 4.17. The van der Waals surface area contributed by atoms with Gasteiger partial charge in [0, 0.05) is 18.8 Å². The molecule has 2 N–H and O–H groups in total. The van der Waals surface area contributed by atoms with Gasteiger partial charge < -0.3 is 15.4 Å². The van der Waals surface area contributed by atoms with Crippen LogP contribution >= 0.6 is 23.2 Å². The van der Waals surface area contributed by atoms with E-state index in [1.807, 2.05) is 43.3 Å². The highest BCUT2D eigenvalue weighted by molar-refractivity contribution is 6.43. The predicted octanol–water partition coefficient (Wildman–Crippen LogP) is 4.92. The van der Waals surface area contributed by atoms with Crippen LogP contribution in [0.2, 0.25) is 10.0 Å². The average Bonchev–Trinajstić information content (AvgIpc) is 2.50. The van der Waals surface area contributed by atoms with Gasteiger partial charge in [-0.1, -0.05) is 29.3 Å². The second-order valence-corrected chi connectivity index (χ2v) is 5.20. The Morgan fingerprint density at radius 1 is 0.952 bits per heavy atom. The molecule has 0 atom stereocenters. The Balaban J connectivity index is 1.78. The van der Waals surface area contributed by atoms with Gasteiger partial charge in [-0.15, -0.1) is 0 Å². The predicted molar refractivity (Wildman–Crippen MR) is 91.1 cm³/mol. The van der Waals surface area contributed by atoms with Crippen molar-refractivity contribution in [1.29, 1.82) is 0 Å². The second kappa shape index (κ2) is 8.01. The van der Waals surface area contributed by atoms with Crippen molar-refractivity contribution in [2.45, 2.75) is 6.92 Å². The minimum absolute atomic E-state index is 0.556. The summed E-state index contributed by atoms with van der Waals surface area (Å²) in [6.07, 6.45) is 0. The summed E-state index contributed by atoms with van der Waals surface area (Å²) in [7, 11) is 0. The van der Waals surface area contributed by atoms with Crippen molar-refractivity contribution in [3.63, 3.8) is 0 Å². The lowest BCUT2D eigenvalue weighted by Crippen LogP contribution is -2.13.